The molecule has 0 aliphatic rings. The molecule has 0 saturated heterocycles. The zero-order valence-electron chi connectivity index (χ0n) is 9.94. The van der Waals surface area contributed by atoms with Crippen molar-refractivity contribution in [3.05, 3.63) is 22.7 Å². The van der Waals surface area contributed by atoms with E-state index in [0.29, 0.717) is 4.47 Å². The van der Waals surface area contributed by atoms with Gasteiger partial charge in [0.1, 0.15) is 0 Å². The van der Waals surface area contributed by atoms with Crippen LogP contribution in [0.25, 0.3) is 0 Å². The van der Waals surface area contributed by atoms with Gasteiger partial charge in [-0.3, -0.25) is 4.79 Å². The van der Waals surface area contributed by atoms with Gasteiger partial charge in [0.05, 0.1) is 16.3 Å². The van der Waals surface area contributed by atoms with Crippen molar-refractivity contribution in [2.45, 2.75) is 17.7 Å². The van der Waals surface area contributed by atoms with E-state index in [1.165, 1.54) is 19.2 Å². The number of benzene rings is 1. The lowest BCUT2D eigenvalue weighted by atomic mass is 10.3. The minimum atomic E-state index is -3.45. The van der Waals surface area contributed by atoms with Crippen LogP contribution in [0.4, 0.5) is 5.69 Å². The first-order valence-electron chi connectivity index (χ1n) is 5.35. The standard InChI is InChI=1S/C11H15BrN2O3S/c1-14-11(15)3-2-6-18(16,17)10-7-8(12)4-5-9(10)13/h4-5,7H,2-3,6,13H2,1H3,(H,14,15). The third kappa shape index (κ3) is 3.99. The highest BCUT2D eigenvalue weighted by Gasteiger charge is 2.18. The fourth-order valence-corrected chi connectivity index (χ4v) is 3.43. The van der Waals surface area contributed by atoms with E-state index in [2.05, 4.69) is 21.2 Å². The zero-order chi connectivity index (χ0) is 13.8. The zero-order valence-corrected chi connectivity index (χ0v) is 12.3. The van der Waals surface area contributed by atoms with Gasteiger partial charge < -0.3 is 11.1 Å². The van der Waals surface area contributed by atoms with Crippen molar-refractivity contribution in [3.8, 4) is 0 Å². The molecule has 0 unspecified atom stereocenters. The Hall–Kier alpha value is -1.08. The molecule has 0 bridgehead atoms. The molecule has 3 N–H and O–H groups in total. The highest BCUT2D eigenvalue weighted by atomic mass is 79.9. The average Bonchev–Trinajstić information content (AvgIpc) is 2.31. The first kappa shape index (κ1) is 15.0. The maximum atomic E-state index is 12.0. The molecule has 0 aromatic heterocycles. The number of nitrogens with one attached hydrogen (secondary N) is 1. The predicted molar refractivity (Wildman–Crippen MR) is 73.9 cm³/mol. The first-order chi connectivity index (χ1) is 8.36. The van der Waals surface area contributed by atoms with Gasteiger partial charge in [-0.2, -0.15) is 0 Å². The number of rotatable bonds is 5. The topological polar surface area (TPSA) is 89.3 Å². The van der Waals surface area contributed by atoms with Gasteiger partial charge in [0.2, 0.25) is 5.91 Å². The Morgan fingerprint density at radius 2 is 2.11 bits per heavy atom. The highest BCUT2D eigenvalue weighted by Crippen LogP contribution is 2.24. The summed E-state index contributed by atoms with van der Waals surface area (Å²) in [5.74, 6) is -0.270. The summed E-state index contributed by atoms with van der Waals surface area (Å²) in [5.41, 5.74) is 5.87. The molecule has 100 valence electrons. The van der Waals surface area contributed by atoms with Crippen LogP contribution in [0.3, 0.4) is 0 Å². The number of sulfone groups is 1. The van der Waals surface area contributed by atoms with E-state index < -0.39 is 9.84 Å². The van der Waals surface area contributed by atoms with Crippen LogP contribution in [-0.4, -0.2) is 27.1 Å². The quantitative estimate of drug-likeness (QED) is 0.795. The summed E-state index contributed by atoms with van der Waals surface area (Å²) >= 11 is 3.21. The van der Waals surface area contributed by atoms with E-state index in [9.17, 15) is 13.2 Å². The SMILES string of the molecule is CNC(=O)CCCS(=O)(=O)c1cc(Br)ccc1N. The highest BCUT2D eigenvalue weighted by molar-refractivity contribution is 9.10. The van der Waals surface area contributed by atoms with Gasteiger partial charge in [-0.25, -0.2) is 8.42 Å². The molecule has 0 spiro atoms. The summed E-state index contributed by atoms with van der Waals surface area (Å²) in [6.07, 6.45) is 0.456. The van der Waals surface area contributed by atoms with Crippen molar-refractivity contribution >= 4 is 37.4 Å². The molecule has 0 aliphatic heterocycles. The number of hydrogen-bond acceptors (Lipinski definition) is 4. The lowest BCUT2D eigenvalue weighted by molar-refractivity contribution is -0.120. The van der Waals surface area contributed by atoms with Crippen LogP contribution < -0.4 is 11.1 Å². The van der Waals surface area contributed by atoms with Crippen LogP contribution in [0.5, 0.6) is 0 Å². The Morgan fingerprint density at radius 3 is 2.72 bits per heavy atom. The average molecular weight is 335 g/mol. The molecular formula is C11H15BrN2O3S. The maximum Gasteiger partial charge on any atom is 0.219 e. The maximum absolute atomic E-state index is 12.0. The second kappa shape index (κ2) is 6.19. The van der Waals surface area contributed by atoms with E-state index >= 15 is 0 Å². The number of amides is 1. The van der Waals surface area contributed by atoms with Crippen LogP contribution >= 0.6 is 15.9 Å². The number of nitrogen functional groups attached to an aromatic ring is 1. The van der Waals surface area contributed by atoms with E-state index in [1.54, 1.807) is 6.07 Å². The van der Waals surface area contributed by atoms with E-state index in [1.807, 2.05) is 0 Å². The number of halogens is 1. The van der Waals surface area contributed by atoms with Gasteiger partial charge in [0.25, 0.3) is 0 Å². The van der Waals surface area contributed by atoms with Crippen LogP contribution in [0.2, 0.25) is 0 Å². The van der Waals surface area contributed by atoms with Crippen LogP contribution in [0.15, 0.2) is 27.6 Å². The second-order valence-electron chi connectivity index (χ2n) is 3.78. The summed E-state index contributed by atoms with van der Waals surface area (Å²) in [6.45, 7) is 0. The molecule has 18 heavy (non-hydrogen) atoms. The lowest BCUT2D eigenvalue weighted by Gasteiger charge is -2.07. The lowest BCUT2D eigenvalue weighted by Crippen LogP contribution is -2.19. The number of anilines is 1. The fraction of sp³-hybridized carbons (Fsp3) is 0.364. The Kier molecular flexibility index (Phi) is 5.15. The van der Waals surface area contributed by atoms with E-state index in [-0.39, 0.29) is 35.1 Å². The van der Waals surface area contributed by atoms with Gasteiger partial charge in [-0.05, 0) is 24.6 Å². The summed E-state index contributed by atoms with van der Waals surface area (Å²) in [5, 5.41) is 2.45. The van der Waals surface area contributed by atoms with Crippen molar-refractivity contribution in [2.24, 2.45) is 0 Å². The summed E-state index contributed by atoms with van der Waals surface area (Å²) in [7, 11) is -1.94. The monoisotopic (exact) mass is 334 g/mol. The molecule has 1 rings (SSSR count). The Labute approximate surface area is 115 Å². The third-order valence-corrected chi connectivity index (χ3v) is 4.75. The summed E-state index contributed by atoms with van der Waals surface area (Å²) < 4.78 is 24.7. The van der Waals surface area contributed by atoms with Gasteiger partial charge in [-0.15, -0.1) is 0 Å². The molecule has 0 fully saturated rings. The molecule has 7 heteroatoms. The van der Waals surface area contributed by atoms with Gasteiger partial charge in [-0.1, -0.05) is 15.9 Å². The van der Waals surface area contributed by atoms with Crippen molar-refractivity contribution in [1.82, 2.24) is 5.32 Å². The van der Waals surface area contributed by atoms with Crippen LogP contribution in [-0.2, 0) is 14.6 Å². The molecule has 1 aromatic rings. The predicted octanol–water partition coefficient (Wildman–Crippen LogP) is 1.33. The van der Waals surface area contributed by atoms with Crippen LogP contribution in [0.1, 0.15) is 12.8 Å². The number of nitrogens with two attached hydrogens (primary N) is 1. The Balaban J connectivity index is 2.80. The second-order valence-corrected chi connectivity index (χ2v) is 6.77. The van der Waals surface area contributed by atoms with Crippen LogP contribution in [0, 0.1) is 0 Å². The van der Waals surface area contributed by atoms with Crippen molar-refractivity contribution < 1.29 is 13.2 Å². The summed E-state index contributed by atoms with van der Waals surface area (Å²) in [4.78, 5) is 11.1. The van der Waals surface area contributed by atoms with Gasteiger partial charge >= 0.3 is 0 Å². The molecule has 0 saturated carbocycles. The van der Waals surface area contributed by atoms with E-state index in [4.69, 9.17) is 5.73 Å². The smallest absolute Gasteiger partial charge is 0.219 e. The molecule has 0 heterocycles. The first-order valence-corrected chi connectivity index (χ1v) is 7.79. The largest absolute Gasteiger partial charge is 0.398 e. The fourth-order valence-electron chi connectivity index (χ4n) is 1.44. The molecule has 1 aromatic carbocycles. The number of hydrogen-bond donors (Lipinski definition) is 2. The molecule has 1 amide bonds. The molecule has 0 aliphatic carbocycles. The summed E-state index contributed by atoms with van der Waals surface area (Å²) in [6, 6.07) is 4.69. The third-order valence-electron chi connectivity index (χ3n) is 2.41. The minimum Gasteiger partial charge on any atom is -0.398 e. The van der Waals surface area contributed by atoms with Crippen molar-refractivity contribution in [1.29, 1.82) is 0 Å². The molecule has 0 radical (unpaired) electrons. The molecule has 0 atom stereocenters. The van der Waals surface area contributed by atoms with Gasteiger partial charge in [0, 0.05) is 17.9 Å². The van der Waals surface area contributed by atoms with E-state index in [0.717, 1.165) is 0 Å². The van der Waals surface area contributed by atoms with Crippen molar-refractivity contribution in [2.75, 3.05) is 18.5 Å². The molecular weight excluding hydrogens is 320 g/mol. The van der Waals surface area contributed by atoms with Gasteiger partial charge in [0.15, 0.2) is 9.84 Å². The normalized spacial score (nSPS) is 11.2. The number of carbonyl (C=O) groups excluding carboxylic acids is 1. The van der Waals surface area contributed by atoms with Crippen molar-refractivity contribution in [3.63, 3.8) is 0 Å². The molecule has 5 nitrogen and oxygen atoms in total. The minimum absolute atomic E-state index is 0.0962. The Bertz CT molecular complexity index is 543. The Morgan fingerprint density at radius 1 is 1.44 bits per heavy atom. The number of carbonyl (C=O) groups is 1.